The zero-order valence-corrected chi connectivity index (χ0v) is 15.9. The second kappa shape index (κ2) is 5.60. The number of anilines is 4. The average molecular weight is 379 g/mol. The minimum atomic E-state index is -0.892. The van der Waals surface area contributed by atoms with Gasteiger partial charge in [-0.05, 0) is 51.8 Å². The van der Waals surface area contributed by atoms with Gasteiger partial charge in [0.2, 0.25) is 5.95 Å². The van der Waals surface area contributed by atoms with Gasteiger partial charge in [0.25, 0.3) is 5.91 Å². The lowest BCUT2D eigenvalue weighted by molar-refractivity contribution is -0.129. The van der Waals surface area contributed by atoms with Crippen LogP contribution in [-0.2, 0) is 4.79 Å². The molecule has 5 rings (SSSR count). The Morgan fingerprint density at radius 3 is 2.75 bits per heavy atom. The summed E-state index contributed by atoms with van der Waals surface area (Å²) in [4.78, 5) is 21.3. The molecule has 2 aromatic heterocycles. The van der Waals surface area contributed by atoms with Crippen molar-refractivity contribution in [1.82, 2.24) is 9.97 Å². The van der Waals surface area contributed by atoms with Gasteiger partial charge in [-0.1, -0.05) is 0 Å². The first-order valence-corrected chi connectivity index (χ1v) is 9.26. The number of aromatic nitrogens is 2. The number of hydrogen-bond acceptors (Lipinski definition) is 7. The molecule has 0 atom stereocenters. The summed E-state index contributed by atoms with van der Waals surface area (Å²) in [6.45, 7) is 5.63. The number of furan rings is 1. The highest BCUT2D eigenvalue weighted by atomic mass is 16.5. The van der Waals surface area contributed by atoms with E-state index in [4.69, 9.17) is 9.15 Å². The van der Waals surface area contributed by atoms with Gasteiger partial charge < -0.3 is 25.1 Å². The van der Waals surface area contributed by atoms with Crippen molar-refractivity contribution in [3.05, 3.63) is 30.5 Å². The molecule has 1 saturated carbocycles. The SMILES string of the molecule is CC1(Nc2nc(Nc3ccc4c(c3)NC(=O)C(C)(C)O4)nc3ccoc23)CC1. The third kappa shape index (κ3) is 2.90. The molecule has 8 nitrogen and oxygen atoms in total. The fourth-order valence-electron chi connectivity index (χ4n) is 3.12. The summed E-state index contributed by atoms with van der Waals surface area (Å²) in [6, 6.07) is 7.30. The molecule has 0 unspecified atom stereocenters. The first kappa shape index (κ1) is 16.9. The average Bonchev–Trinajstić information content (AvgIpc) is 3.15. The Hall–Kier alpha value is -3.29. The molecular formula is C20H21N5O3. The van der Waals surface area contributed by atoms with E-state index in [2.05, 4.69) is 32.8 Å². The molecule has 0 spiro atoms. The van der Waals surface area contributed by atoms with Crippen molar-refractivity contribution in [2.75, 3.05) is 16.0 Å². The molecule has 3 heterocycles. The number of carbonyl (C=O) groups is 1. The van der Waals surface area contributed by atoms with E-state index in [9.17, 15) is 4.79 Å². The normalized spacial score (nSPS) is 18.8. The predicted molar refractivity (Wildman–Crippen MR) is 106 cm³/mol. The molecule has 0 radical (unpaired) electrons. The van der Waals surface area contributed by atoms with Crippen LogP contribution in [0.15, 0.2) is 34.9 Å². The van der Waals surface area contributed by atoms with Gasteiger partial charge in [-0.3, -0.25) is 4.79 Å². The van der Waals surface area contributed by atoms with Crippen LogP contribution >= 0.6 is 0 Å². The van der Waals surface area contributed by atoms with Crippen molar-refractivity contribution in [3.8, 4) is 5.75 Å². The first-order valence-electron chi connectivity index (χ1n) is 9.26. The zero-order chi connectivity index (χ0) is 19.5. The van der Waals surface area contributed by atoms with E-state index in [-0.39, 0.29) is 11.4 Å². The minimum Gasteiger partial charge on any atom is -0.476 e. The Balaban J connectivity index is 1.46. The molecule has 3 aromatic rings. The van der Waals surface area contributed by atoms with E-state index >= 15 is 0 Å². The van der Waals surface area contributed by atoms with E-state index in [0.29, 0.717) is 28.8 Å². The van der Waals surface area contributed by atoms with Crippen molar-refractivity contribution >= 4 is 40.1 Å². The fourth-order valence-corrected chi connectivity index (χ4v) is 3.12. The Labute approximate surface area is 161 Å². The van der Waals surface area contributed by atoms with Crippen LogP contribution in [0.5, 0.6) is 5.75 Å². The Bertz CT molecular complexity index is 1100. The van der Waals surface area contributed by atoms with Crippen LogP contribution in [0.25, 0.3) is 11.1 Å². The van der Waals surface area contributed by atoms with E-state index in [1.165, 1.54) is 0 Å². The van der Waals surface area contributed by atoms with Crippen LogP contribution < -0.4 is 20.7 Å². The molecule has 8 heteroatoms. The molecule has 28 heavy (non-hydrogen) atoms. The Kier molecular flexibility index (Phi) is 3.37. The minimum absolute atomic E-state index is 0.0611. The number of amides is 1. The molecule has 1 aromatic carbocycles. The lowest BCUT2D eigenvalue weighted by Crippen LogP contribution is -2.45. The summed E-state index contributed by atoms with van der Waals surface area (Å²) in [5.41, 5.74) is 1.89. The van der Waals surface area contributed by atoms with E-state index in [0.717, 1.165) is 24.0 Å². The van der Waals surface area contributed by atoms with Gasteiger partial charge in [-0.15, -0.1) is 0 Å². The van der Waals surface area contributed by atoms with Crippen molar-refractivity contribution in [2.45, 2.75) is 44.8 Å². The number of ether oxygens (including phenoxy) is 1. The molecule has 2 aliphatic rings. The quantitative estimate of drug-likeness (QED) is 0.629. The topological polar surface area (TPSA) is 101 Å². The van der Waals surface area contributed by atoms with Gasteiger partial charge in [0, 0.05) is 17.3 Å². The molecule has 1 aliphatic heterocycles. The third-order valence-electron chi connectivity index (χ3n) is 5.12. The van der Waals surface area contributed by atoms with E-state index < -0.39 is 5.60 Å². The number of rotatable bonds is 4. The molecule has 1 amide bonds. The van der Waals surface area contributed by atoms with Crippen molar-refractivity contribution in [1.29, 1.82) is 0 Å². The van der Waals surface area contributed by atoms with Gasteiger partial charge in [-0.2, -0.15) is 4.98 Å². The lowest BCUT2D eigenvalue weighted by Gasteiger charge is -2.31. The van der Waals surface area contributed by atoms with Gasteiger partial charge in [0.05, 0.1) is 12.0 Å². The lowest BCUT2D eigenvalue weighted by atomic mass is 10.1. The third-order valence-corrected chi connectivity index (χ3v) is 5.12. The van der Waals surface area contributed by atoms with Gasteiger partial charge in [0.15, 0.2) is 17.0 Å². The molecule has 0 saturated heterocycles. The molecule has 1 aliphatic carbocycles. The van der Waals surface area contributed by atoms with Crippen LogP contribution in [0.4, 0.5) is 23.1 Å². The van der Waals surface area contributed by atoms with Crippen molar-refractivity contribution in [3.63, 3.8) is 0 Å². The summed E-state index contributed by atoms with van der Waals surface area (Å²) < 4.78 is 11.3. The Morgan fingerprint density at radius 1 is 1.14 bits per heavy atom. The molecule has 3 N–H and O–H groups in total. The van der Waals surface area contributed by atoms with Gasteiger partial charge in [-0.25, -0.2) is 4.98 Å². The highest BCUT2D eigenvalue weighted by Crippen LogP contribution is 2.40. The molecule has 0 bridgehead atoms. The number of nitrogens with one attached hydrogen (secondary N) is 3. The maximum Gasteiger partial charge on any atom is 0.268 e. The van der Waals surface area contributed by atoms with E-state index in [1.54, 1.807) is 26.2 Å². The highest BCUT2D eigenvalue weighted by molar-refractivity contribution is 6.00. The van der Waals surface area contributed by atoms with Crippen LogP contribution in [0.2, 0.25) is 0 Å². The molecule has 1 fully saturated rings. The van der Waals surface area contributed by atoms with Crippen LogP contribution in [0.1, 0.15) is 33.6 Å². The fraction of sp³-hybridized carbons (Fsp3) is 0.350. The highest BCUT2D eigenvalue weighted by Gasteiger charge is 2.38. The smallest absolute Gasteiger partial charge is 0.268 e. The van der Waals surface area contributed by atoms with E-state index in [1.807, 2.05) is 18.2 Å². The summed E-state index contributed by atoms with van der Waals surface area (Å²) in [6.07, 6.45) is 3.81. The maximum atomic E-state index is 12.1. The number of carbonyl (C=O) groups excluding carboxylic acids is 1. The molecule has 144 valence electrons. The second-order valence-corrected chi connectivity index (χ2v) is 8.12. The largest absolute Gasteiger partial charge is 0.476 e. The predicted octanol–water partition coefficient (Wildman–Crippen LogP) is 4.04. The summed E-state index contributed by atoms with van der Waals surface area (Å²) in [7, 11) is 0. The standard InChI is InChI=1S/C20H21N5O3/c1-19(2)17(26)22-13-10-11(4-5-14(13)28-19)21-18-23-12-6-9-27-15(12)16(24-18)25-20(3)7-8-20/h4-6,9-10H,7-8H2,1-3H3,(H,22,26)(H2,21,23,24,25). The Morgan fingerprint density at radius 2 is 1.96 bits per heavy atom. The zero-order valence-electron chi connectivity index (χ0n) is 15.9. The van der Waals surface area contributed by atoms with Crippen LogP contribution in [0.3, 0.4) is 0 Å². The van der Waals surface area contributed by atoms with Gasteiger partial charge in [0.1, 0.15) is 11.3 Å². The number of fused-ring (bicyclic) bond motifs is 2. The monoisotopic (exact) mass is 379 g/mol. The molecular weight excluding hydrogens is 358 g/mol. The summed E-state index contributed by atoms with van der Waals surface area (Å²) >= 11 is 0. The number of nitrogens with zero attached hydrogens (tertiary/aromatic N) is 2. The van der Waals surface area contributed by atoms with Crippen LogP contribution in [-0.4, -0.2) is 27.0 Å². The number of benzene rings is 1. The van der Waals surface area contributed by atoms with Crippen LogP contribution in [0, 0.1) is 0 Å². The maximum absolute atomic E-state index is 12.1. The summed E-state index contributed by atoms with van der Waals surface area (Å²) in [5, 5.41) is 9.54. The second-order valence-electron chi connectivity index (χ2n) is 8.12. The summed E-state index contributed by atoms with van der Waals surface area (Å²) in [5.74, 6) is 1.57. The first-order chi connectivity index (χ1) is 13.3. The number of hydrogen-bond donors (Lipinski definition) is 3. The van der Waals surface area contributed by atoms with Gasteiger partial charge >= 0.3 is 0 Å². The van der Waals surface area contributed by atoms with Crippen molar-refractivity contribution < 1.29 is 13.9 Å². The van der Waals surface area contributed by atoms with Crippen molar-refractivity contribution in [2.24, 2.45) is 0 Å².